The lowest BCUT2D eigenvalue weighted by molar-refractivity contribution is 0.383. The van der Waals surface area contributed by atoms with E-state index in [4.69, 9.17) is 10.7 Å². The second-order valence-electron chi connectivity index (χ2n) is 5.13. The Morgan fingerprint density at radius 1 is 1.12 bits per heavy atom. The van der Waals surface area contributed by atoms with Crippen molar-refractivity contribution in [3.8, 4) is 0 Å². The maximum absolute atomic E-state index is 6.39. The van der Waals surface area contributed by atoms with Crippen LogP contribution in [-0.2, 0) is 18.4 Å². The Morgan fingerprint density at radius 3 is 2.41 bits per heavy atom. The normalized spacial score (nSPS) is 15.8. The van der Waals surface area contributed by atoms with Gasteiger partial charge < -0.3 is 5.73 Å². The van der Waals surface area contributed by atoms with Crippen molar-refractivity contribution in [2.75, 3.05) is 0 Å². The summed E-state index contributed by atoms with van der Waals surface area (Å²) in [5.74, 6) is 0.848. The third-order valence-corrected chi connectivity index (χ3v) is 4.10. The number of nitrogens with two attached hydrogens (primary N) is 1. The molecule has 3 nitrogen and oxygen atoms in total. The van der Waals surface area contributed by atoms with E-state index in [-0.39, 0.29) is 5.54 Å². The summed E-state index contributed by atoms with van der Waals surface area (Å²) in [6.07, 6.45) is 6.53. The van der Waals surface area contributed by atoms with Gasteiger partial charge in [-0.2, -0.15) is 0 Å². The van der Waals surface area contributed by atoms with Gasteiger partial charge in [0, 0.05) is 11.4 Å². The minimum Gasteiger partial charge on any atom is -0.319 e. The van der Waals surface area contributed by atoms with Crippen LogP contribution in [0.4, 0.5) is 0 Å². The van der Waals surface area contributed by atoms with Crippen molar-refractivity contribution in [1.82, 2.24) is 9.97 Å². The van der Waals surface area contributed by atoms with Crippen molar-refractivity contribution in [2.45, 2.75) is 64.8 Å². The van der Waals surface area contributed by atoms with E-state index in [1.807, 2.05) is 0 Å². The molecule has 94 valence electrons. The molecule has 0 saturated carbocycles. The third-order valence-electron chi connectivity index (χ3n) is 4.10. The van der Waals surface area contributed by atoms with E-state index < -0.39 is 0 Å². The molecule has 0 saturated heterocycles. The van der Waals surface area contributed by atoms with Crippen molar-refractivity contribution in [2.24, 2.45) is 5.73 Å². The largest absolute Gasteiger partial charge is 0.319 e. The van der Waals surface area contributed by atoms with Crippen molar-refractivity contribution < 1.29 is 0 Å². The molecule has 1 aliphatic rings. The van der Waals surface area contributed by atoms with Crippen LogP contribution in [0.3, 0.4) is 0 Å². The maximum atomic E-state index is 6.39. The molecule has 17 heavy (non-hydrogen) atoms. The number of rotatable bonds is 3. The van der Waals surface area contributed by atoms with Gasteiger partial charge in [-0.1, -0.05) is 13.8 Å². The molecule has 0 bridgehead atoms. The van der Waals surface area contributed by atoms with Crippen LogP contribution in [-0.4, -0.2) is 9.97 Å². The van der Waals surface area contributed by atoms with Crippen LogP contribution in [0, 0.1) is 6.92 Å². The molecule has 0 spiro atoms. The van der Waals surface area contributed by atoms with Crippen molar-refractivity contribution >= 4 is 0 Å². The highest BCUT2D eigenvalue weighted by molar-refractivity contribution is 5.29. The molecule has 1 aliphatic carbocycles. The fourth-order valence-corrected chi connectivity index (χ4v) is 2.57. The molecule has 0 amide bonds. The zero-order chi connectivity index (χ0) is 12.5. The van der Waals surface area contributed by atoms with Crippen LogP contribution in [0.25, 0.3) is 0 Å². The Morgan fingerprint density at radius 2 is 1.76 bits per heavy atom. The highest BCUT2D eigenvalue weighted by Crippen LogP contribution is 2.27. The molecular formula is C14H23N3. The maximum Gasteiger partial charge on any atom is 0.148 e. The summed E-state index contributed by atoms with van der Waals surface area (Å²) >= 11 is 0. The molecule has 0 fully saturated rings. The van der Waals surface area contributed by atoms with Crippen LogP contribution in [0.5, 0.6) is 0 Å². The van der Waals surface area contributed by atoms with Gasteiger partial charge in [0.25, 0.3) is 0 Å². The highest BCUT2D eigenvalue weighted by atomic mass is 15.0. The predicted molar refractivity (Wildman–Crippen MR) is 69.9 cm³/mol. The first-order chi connectivity index (χ1) is 8.10. The monoisotopic (exact) mass is 233 g/mol. The Hall–Kier alpha value is -0.960. The highest BCUT2D eigenvalue weighted by Gasteiger charge is 2.28. The standard InChI is InChI=1S/C14H23N3/c1-4-14(15,5-2)13-16-10(3)11-8-6-7-9-12(11)17-13/h4-9,15H2,1-3H3. The van der Waals surface area contributed by atoms with E-state index in [1.54, 1.807) is 0 Å². The quantitative estimate of drug-likeness (QED) is 0.873. The lowest BCUT2D eigenvalue weighted by Gasteiger charge is -2.27. The molecule has 0 atom stereocenters. The van der Waals surface area contributed by atoms with Gasteiger partial charge in [0.2, 0.25) is 0 Å². The zero-order valence-electron chi connectivity index (χ0n) is 11.2. The van der Waals surface area contributed by atoms with Crippen LogP contribution in [0.2, 0.25) is 0 Å². The Bertz CT molecular complexity index is 408. The second kappa shape index (κ2) is 4.73. The summed E-state index contributed by atoms with van der Waals surface area (Å²) in [7, 11) is 0. The smallest absolute Gasteiger partial charge is 0.148 e. The molecule has 1 aromatic rings. The summed E-state index contributed by atoms with van der Waals surface area (Å²) in [5, 5.41) is 0. The Labute approximate surface area is 104 Å². The van der Waals surface area contributed by atoms with E-state index in [9.17, 15) is 0 Å². The molecule has 0 radical (unpaired) electrons. The Kier molecular flexibility index (Phi) is 3.48. The number of hydrogen-bond acceptors (Lipinski definition) is 3. The molecule has 2 N–H and O–H groups in total. The molecular weight excluding hydrogens is 210 g/mol. The number of fused-ring (bicyclic) bond motifs is 1. The van der Waals surface area contributed by atoms with E-state index in [2.05, 4.69) is 25.8 Å². The van der Waals surface area contributed by atoms with Gasteiger partial charge in [-0.05, 0) is 51.0 Å². The van der Waals surface area contributed by atoms with E-state index in [0.29, 0.717) is 0 Å². The fraction of sp³-hybridized carbons (Fsp3) is 0.714. The van der Waals surface area contributed by atoms with E-state index in [0.717, 1.165) is 37.2 Å². The van der Waals surface area contributed by atoms with Gasteiger partial charge in [0.05, 0.1) is 5.54 Å². The number of aryl methyl sites for hydroxylation is 2. The first-order valence-electron chi connectivity index (χ1n) is 6.76. The van der Waals surface area contributed by atoms with Gasteiger partial charge in [-0.25, -0.2) is 9.97 Å². The number of hydrogen-bond donors (Lipinski definition) is 1. The molecule has 1 heterocycles. The van der Waals surface area contributed by atoms with E-state index in [1.165, 1.54) is 24.1 Å². The first-order valence-corrected chi connectivity index (χ1v) is 6.76. The molecule has 0 aliphatic heterocycles. The van der Waals surface area contributed by atoms with Crippen molar-refractivity contribution in [3.05, 3.63) is 22.8 Å². The lowest BCUT2D eigenvalue weighted by Crippen LogP contribution is -2.38. The zero-order valence-corrected chi connectivity index (χ0v) is 11.2. The van der Waals surface area contributed by atoms with Crippen LogP contribution in [0.15, 0.2) is 0 Å². The minimum absolute atomic E-state index is 0.350. The van der Waals surface area contributed by atoms with Gasteiger partial charge in [-0.15, -0.1) is 0 Å². The topological polar surface area (TPSA) is 51.8 Å². The predicted octanol–water partition coefficient (Wildman–Crippen LogP) is 2.64. The summed E-state index contributed by atoms with van der Waals surface area (Å²) in [6.45, 7) is 6.32. The number of aromatic nitrogens is 2. The molecule has 2 rings (SSSR count). The molecule has 3 heteroatoms. The summed E-state index contributed by atoms with van der Waals surface area (Å²) < 4.78 is 0. The fourth-order valence-electron chi connectivity index (χ4n) is 2.57. The Balaban J connectivity index is 2.47. The molecule has 1 aromatic heterocycles. The van der Waals surface area contributed by atoms with Crippen molar-refractivity contribution in [3.63, 3.8) is 0 Å². The van der Waals surface area contributed by atoms with Crippen molar-refractivity contribution in [1.29, 1.82) is 0 Å². The van der Waals surface area contributed by atoms with Crippen LogP contribution >= 0.6 is 0 Å². The third kappa shape index (κ3) is 2.21. The lowest BCUT2D eigenvalue weighted by atomic mass is 9.90. The van der Waals surface area contributed by atoms with Gasteiger partial charge in [0.1, 0.15) is 5.82 Å². The molecule has 0 aromatic carbocycles. The van der Waals surface area contributed by atoms with Crippen LogP contribution < -0.4 is 5.73 Å². The first kappa shape index (κ1) is 12.5. The average Bonchev–Trinajstić information content (AvgIpc) is 2.38. The van der Waals surface area contributed by atoms with Gasteiger partial charge in [-0.3, -0.25) is 0 Å². The average molecular weight is 233 g/mol. The van der Waals surface area contributed by atoms with Gasteiger partial charge >= 0.3 is 0 Å². The van der Waals surface area contributed by atoms with E-state index >= 15 is 0 Å². The SMILES string of the molecule is CCC(N)(CC)c1nc(C)c2c(n1)CCCC2. The minimum atomic E-state index is -0.350. The summed E-state index contributed by atoms with van der Waals surface area (Å²) in [5.41, 5.74) is 9.80. The number of nitrogens with zero attached hydrogens (tertiary/aromatic N) is 2. The van der Waals surface area contributed by atoms with Gasteiger partial charge in [0.15, 0.2) is 0 Å². The summed E-state index contributed by atoms with van der Waals surface area (Å²) in [4.78, 5) is 9.42. The molecule has 0 unspecified atom stereocenters. The second-order valence-corrected chi connectivity index (χ2v) is 5.13. The van der Waals surface area contributed by atoms with Crippen LogP contribution in [0.1, 0.15) is 62.3 Å². The summed E-state index contributed by atoms with van der Waals surface area (Å²) in [6, 6.07) is 0.